The lowest BCUT2D eigenvalue weighted by molar-refractivity contribution is -0.142. The van der Waals surface area contributed by atoms with Crippen LogP contribution in [0.15, 0.2) is 59.0 Å². The van der Waals surface area contributed by atoms with Crippen LogP contribution in [0.3, 0.4) is 0 Å². The molecule has 0 radical (unpaired) electrons. The normalized spacial score (nSPS) is 18.8. The molecule has 8 nitrogen and oxygen atoms in total. The molecular weight excluding hydrogens is 398 g/mol. The number of hydrogen-bond donors (Lipinski definition) is 0. The number of benzene rings is 2. The van der Waals surface area contributed by atoms with Gasteiger partial charge in [-0.2, -0.15) is 0 Å². The number of anilines is 1. The molecule has 2 amide bonds. The third-order valence-electron chi connectivity index (χ3n) is 5.32. The number of morpholine rings is 1. The molecule has 31 heavy (non-hydrogen) atoms. The second-order valence-electron chi connectivity index (χ2n) is 7.31. The van der Waals surface area contributed by atoms with E-state index in [1.54, 1.807) is 28.0 Å². The van der Waals surface area contributed by atoms with Gasteiger partial charge >= 0.3 is 0 Å². The van der Waals surface area contributed by atoms with E-state index >= 15 is 0 Å². The summed E-state index contributed by atoms with van der Waals surface area (Å²) in [6.07, 6.45) is 2.18. The lowest BCUT2D eigenvalue weighted by Gasteiger charge is -2.36. The maximum Gasteiger partial charge on any atom is 0.265 e. The van der Waals surface area contributed by atoms with Crippen molar-refractivity contribution in [2.24, 2.45) is 0 Å². The molecule has 1 unspecified atom stereocenters. The molecule has 0 bridgehead atoms. The van der Waals surface area contributed by atoms with Crippen LogP contribution in [0.25, 0.3) is 17.2 Å². The Hall–Kier alpha value is -3.65. The molecule has 2 aliphatic rings. The van der Waals surface area contributed by atoms with Crippen LogP contribution in [0.4, 0.5) is 5.69 Å². The van der Waals surface area contributed by atoms with Crippen LogP contribution in [-0.4, -0.2) is 60.7 Å². The van der Waals surface area contributed by atoms with Crippen molar-refractivity contribution in [3.05, 3.63) is 60.5 Å². The fraction of sp³-hybridized carbons (Fsp3) is 0.261. The topological polar surface area (TPSA) is 85.1 Å². The Balaban J connectivity index is 1.38. The number of oxazole rings is 1. The zero-order chi connectivity index (χ0) is 21.2. The third kappa shape index (κ3) is 3.89. The predicted molar refractivity (Wildman–Crippen MR) is 114 cm³/mol. The van der Waals surface area contributed by atoms with Crippen molar-refractivity contribution in [1.29, 1.82) is 0 Å². The maximum absolute atomic E-state index is 13.1. The molecule has 1 fully saturated rings. The molecule has 0 spiro atoms. The van der Waals surface area contributed by atoms with Crippen molar-refractivity contribution in [3.8, 4) is 5.75 Å². The predicted octanol–water partition coefficient (Wildman–Crippen LogP) is 2.49. The lowest BCUT2D eigenvalue weighted by Crippen LogP contribution is -2.53. The van der Waals surface area contributed by atoms with Crippen LogP contribution in [0.2, 0.25) is 0 Å². The number of aromatic nitrogens is 1. The summed E-state index contributed by atoms with van der Waals surface area (Å²) in [5.41, 5.74) is 2.01. The molecule has 1 aromatic heterocycles. The Kier molecular flexibility index (Phi) is 5.13. The smallest absolute Gasteiger partial charge is 0.265 e. The Morgan fingerprint density at radius 1 is 1.03 bits per heavy atom. The highest BCUT2D eigenvalue weighted by Gasteiger charge is 2.35. The number of hydrogen-bond acceptors (Lipinski definition) is 6. The van der Waals surface area contributed by atoms with Gasteiger partial charge in [-0.3, -0.25) is 9.59 Å². The number of rotatable bonds is 3. The van der Waals surface area contributed by atoms with Gasteiger partial charge in [-0.05, 0) is 24.3 Å². The molecule has 3 aromatic rings. The largest absolute Gasteiger partial charge is 0.476 e. The zero-order valence-corrected chi connectivity index (χ0v) is 16.8. The molecule has 1 atom stereocenters. The summed E-state index contributed by atoms with van der Waals surface area (Å²) in [5.74, 6) is 0.428. The number of carbonyl (C=O) groups excluding carboxylic acids is 2. The second-order valence-corrected chi connectivity index (χ2v) is 7.31. The molecule has 2 aromatic carbocycles. The fourth-order valence-electron chi connectivity index (χ4n) is 3.75. The van der Waals surface area contributed by atoms with Gasteiger partial charge in [0, 0.05) is 25.2 Å². The van der Waals surface area contributed by atoms with Gasteiger partial charge in [-0.15, -0.1) is 0 Å². The van der Waals surface area contributed by atoms with E-state index in [-0.39, 0.29) is 18.4 Å². The average Bonchev–Trinajstić information content (AvgIpc) is 3.25. The first-order valence-corrected chi connectivity index (χ1v) is 10.2. The van der Waals surface area contributed by atoms with Crippen molar-refractivity contribution in [3.63, 3.8) is 0 Å². The van der Waals surface area contributed by atoms with Crippen molar-refractivity contribution in [2.45, 2.75) is 6.10 Å². The van der Waals surface area contributed by atoms with Gasteiger partial charge in [0.25, 0.3) is 11.8 Å². The van der Waals surface area contributed by atoms with Crippen molar-refractivity contribution < 1.29 is 23.5 Å². The Labute approximate surface area is 178 Å². The van der Waals surface area contributed by atoms with Crippen LogP contribution < -0.4 is 9.64 Å². The van der Waals surface area contributed by atoms with E-state index in [0.717, 1.165) is 5.52 Å². The molecule has 0 N–H and O–H groups in total. The number of amides is 2. The van der Waals surface area contributed by atoms with Crippen molar-refractivity contribution in [1.82, 2.24) is 9.88 Å². The van der Waals surface area contributed by atoms with E-state index < -0.39 is 6.10 Å². The van der Waals surface area contributed by atoms with Gasteiger partial charge < -0.3 is 23.7 Å². The maximum atomic E-state index is 13.1. The Bertz CT molecular complexity index is 1120. The summed E-state index contributed by atoms with van der Waals surface area (Å²) < 4.78 is 16.9. The molecule has 5 rings (SSSR count). The highest BCUT2D eigenvalue weighted by Crippen LogP contribution is 2.34. The fourth-order valence-corrected chi connectivity index (χ4v) is 3.75. The SMILES string of the molecule is O=C(C1CN(C(=O)/C=C/c2nc3ccccc3o2)c2ccccc2O1)N1CCOCC1. The minimum Gasteiger partial charge on any atom is -0.476 e. The first-order chi connectivity index (χ1) is 15.2. The van der Waals surface area contributed by atoms with E-state index in [1.807, 2.05) is 36.4 Å². The van der Waals surface area contributed by atoms with E-state index in [2.05, 4.69) is 4.98 Å². The summed E-state index contributed by atoms with van der Waals surface area (Å²) in [5, 5.41) is 0. The average molecular weight is 419 g/mol. The molecule has 0 aliphatic carbocycles. The highest BCUT2D eigenvalue weighted by atomic mass is 16.5. The van der Waals surface area contributed by atoms with Gasteiger partial charge in [0.15, 0.2) is 11.7 Å². The summed E-state index contributed by atoms with van der Waals surface area (Å²) in [6, 6.07) is 14.6. The van der Waals surface area contributed by atoms with E-state index in [4.69, 9.17) is 13.9 Å². The van der Waals surface area contributed by atoms with E-state index in [9.17, 15) is 9.59 Å². The first-order valence-electron chi connectivity index (χ1n) is 10.2. The number of ether oxygens (including phenoxy) is 2. The zero-order valence-electron chi connectivity index (χ0n) is 16.8. The van der Waals surface area contributed by atoms with E-state index in [0.29, 0.717) is 49.2 Å². The molecule has 158 valence electrons. The molecular formula is C23H21N3O5. The van der Waals surface area contributed by atoms with Crippen molar-refractivity contribution >= 4 is 34.7 Å². The van der Waals surface area contributed by atoms with Crippen molar-refractivity contribution in [2.75, 3.05) is 37.7 Å². The monoisotopic (exact) mass is 419 g/mol. The van der Waals surface area contributed by atoms with Crippen LogP contribution >= 0.6 is 0 Å². The van der Waals surface area contributed by atoms with Gasteiger partial charge in [0.2, 0.25) is 5.89 Å². The number of carbonyl (C=O) groups is 2. The summed E-state index contributed by atoms with van der Waals surface area (Å²) in [4.78, 5) is 33.7. The summed E-state index contributed by atoms with van der Waals surface area (Å²) in [6.45, 7) is 2.18. The molecule has 0 saturated carbocycles. The minimum absolute atomic E-state index is 0.129. The molecule has 1 saturated heterocycles. The number of fused-ring (bicyclic) bond motifs is 2. The first kappa shape index (κ1) is 19.3. The third-order valence-corrected chi connectivity index (χ3v) is 5.32. The van der Waals surface area contributed by atoms with Crippen LogP contribution in [0.1, 0.15) is 5.89 Å². The van der Waals surface area contributed by atoms with Gasteiger partial charge in [-0.25, -0.2) is 4.98 Å². The van der Waals surface area contributed by atoms with Crippen LogP contribution in [0.5, 0.6) is 5.75 Å². The Morgan fingerprint density at radius 2 is 1.81 bits per heavy atom. The molecule has 3 heterocycles. The summed E-state index contributed by atoms with van der Waals surface area (Å²) >= 11 is 0. The summed E-state index contributed by atoms with van der Waals surface area (Å²) in [7, 11) is 0. The molecule has 8 heteroatoms. The van der Waals surface area contributed by atoms with Crippen LogP contribution in [0, 0.1) is 0 Å². The lowest BCUT2D eigenvalue weighted by atomic mass is 10.1. The quantitative estimate of drug-likeness (QED) is 0.607. The van der Waals surface area contributed by atoms with Gasteiger partial charge in [0.1, 0.15) is 11.3 Å². The highest BCUT2D eigenvalue weighted by molar-refractivity contribution is 6.05. The second kappa shape index (κ2) is 8.23. The molecule has 2 aliphatic heterocycles. The standard InChI is InChI=1S/C23H21N3O5/c27-22(10-9-21-24-16-5-1-3-7-18(16)31-21)26-15-20(23(28)25-11-13-29-14-12-25)30-19-8-4-2-6-17(19)26/h1-10,20H,11-15H2/b10-9+. The number of nitrogens with zero attached hydrogens (tertiary/aromatic N) is 3. The minimum atomic E-state index is -0.769. The van der Waals surface area contributed by atoms with Gasteiger partial charge in [0.05, 0.1) is 25.4 Å². The number of para-hydroxylation sites is 4. The van der Waals surface area contributed by atoms with Crippen LogP contribution in [-0.2, 0) is 14.3 Å². The Morgan fingerprint density at radius 3 is 2.65 bits per heavy atom. The van der Waals surface area contributed by atoms with Gasteiger partial charge in [-0.1, -0.05) is 24.3 Å². The van der Waals surface area contributed by atoms with E-state index in [1.165, 1.54) is 6.08 Å².